The van der Waals surface area contributed by atoms with Crippen molar-refractivity contribution in [3.05, 3.63) is 59.4 Å². The largest absolute Gasteiger partial charge is 0.461 e. The van der Waals surface area contributed by atoms with E-state index in [1.807, 2.05) is 25.5 Å². The number of carbonyl (C=O) groups is 3. The number of hydrogen-bond donors (Lipinski definition) is 1. The zero-order valence-electron chi connectivity index (χ0n) is 20.5. The van der Waals surface area contributed by atoms with Crippen molar-refractivity contribution in [3.63, 3.8) is 0 Å². The first-order valence-electron chi connectivity index (χ1n) is 11.8. The van der Waals surface area contributed by atoms with Crippen LogP contribution in [0, 0.1) is 0 Å². The van der Waals surface area contributed by atoms with Crippen LogP contribution < -0.4 is 4.72 Å². The molecule has 0 atom stereocenters. The van der Waals surface area contributed by atoms with Crippen LogP contribution >= 0.6 is 0 Å². The Kier molecular flexibility index (Phi) is 10.8. The molecule has 0 unspecified atom stereocenters. The second-order valence-corrected chi connectivity index (χ2v) is 9.71. The van der Waals surface area contributed by atoms with Gasteiger partial charge in [-0.2, -0.15) is 0 Å². The minimum Gasteiger partial charge on any atom is -0.461 e. The van der Waals surface area contributed by atoms with Gasteiger partial charge in [0.15, 0.2) is 0 Å². The van der Waals surface area contributed by atoms with Crippen molar-refractivity contribution in [3.8, 4) is 0 Å². The lowest BCUT2D eigenvalue weighted by Crippen LogP contribution is -2.33. The molecule has 9 nitrogen and oxygen atoms in total. The normalized spacial score (nSPS) is 11.1. The number of benzene rings is 1. The van der Waals surface area contributed by atoms with E-state index in [4.69, 9.17) is 4.74 Å². The molecular weight excluding hydrogens is 470 g/mol. The molecule has 190 valence electrons. The van der Waals surface area contributed by atoms with E-state index in [1.54, 1.807) is 11.0 Å². The molecule has 35 heavy (non-hydrogen) atoms. The van der Waals surface area contributed by atoms with Gasteiger partial charge in [0.25, 0.3) is 21.8 Å². The summed E-state index contributed by atoms with van der Waals surface area (Å²) in [6, 6.07) is 8.21. The fraction of sp³-hybridized carbons (Fsp3) is 0.440. The number of ether oxygens (including phenoxy) is 1. The first kappa shape index (κ1) is 28.0. The Morgan fingerprint density at radius 3 is 2.20 bits per heavy atom. The highest BCUT2D eigenvalue weighted by Gasteiger charge is 2.22. The van der Waals surface area contributed by atoms with Gasteiger partial charge in [0.05, 0.1) is 17.1 Å². The second kappa shape index (κ2) is 13.6. The number of amides is 2. The van der Waals surface area contributed by atoms with E-state index in [9.17, 15) is 22.8 Å². The molecule has 0 saturated heterocycles. The second-order valence-electron chi connectivity index (χ2n) is 8.03. The average molecular weight is 504 g/mol. The number of rotatable bonds is 13. The third kappa shape index (κ3) is 8.17. The molecule has 0 saturated carbocycles. The monoisotopic (exact) mass is 503 g/mol. The summed E-state index contributed by atoms with van der Waals surface area (Å²) in [7, 11) is -4.25. The number of pyridine rings is 1. The number of hydrogen-bond acceptors (Lipinski definition) is 7. The summed E-state index contributed by atoms with van der Waals surface area (Å²) >= 11 is 0. The van der Waals surface area contributed by atoms with E-state index >= 15 is 0 Å². The van der Waals surface area contributed by atoms with Crippen molar-refractivity contribution < 1.29 is 27.5 Å². The van der Waals surface area contributed by atoms with E-state index in [1.165, 1.54) is 30.3 Å². The van der Waals surface area contributed by atoms with Crippen LogP contribution in [0.25, 0.3) is 0 Å². The van der Waals surface area contributed by atoms with Crippen LogP contribution in [0.15, 0.2) is 47.5 Å². The molecule has 2 rings (SSSR count). The lowest BCUT2D eigenvalue weighted by atomic mass is 10.1. The number of esters is 1. The van der Waals surface area contributed by atoms with Crippen LogP contribution in [0.4, 0.5) is 0 Å². The maximum absolute atomic E-state index is 13.0. The molecule has 0 aliphatic heterocycles. The van der Waals surface area contributed by atoms with E-state index in [2.05, 4.69) is 4.98 Å². The van der Waals surface area contributed by atoms with Gasteiger partial charge in [-0.05, 0) is 49.6 Å². The van der Waals surface area contributed by atoms with Crippen molar-refractivity contribution in [2.45, 2.75) is 57.8 Å². The maximum Gasteiger partial charge on any atom is 0.356 e. The lowest BCUT2D eigenvalue weighted by Gasteiger charge is -2.22. The summed E-state index contributed by atoms with van der Waals surface area (Å²) in [5.74, 6) is -1.78. The topological polar surface area (TPSA) is 123 Å². The fourth-order valence-corrected chi connectivity index (χ4v) is 4.17. The third-order valence-corrected chi connectivity index (χ3v) is 6.47. The number of nitrogens with zero attached hydrogens (tertiary/aromatic N) is 2. The molecule has 0 fully saturated rings. The lowest BCUT2D eigenvalue weighted by molar-refractivity contribution is 0.0497. The SMILES string of the molecule is CCCCN(CCCC)C(=O)c1cccc(S(=O)(=O)NC(=O)c2ccc(C(=O)OCCC)nc2)c1. The van der Waals surface area contributed by atoms with Gasteiger partial charge in [0, 0.05) is 24.8 Å². The first-order valence-corrected chi connectivity index (χ1v) is 13.3. The molecule has 0 aliphatic rings. The van der Waals surface area contributed by atoms with Gasteiger partial charge >= 0.3 is 5.97 Å². The van der Waals surface area contributed by atoms with Crippen molar-refractivity contribution >= 4 is 27.8 Å². The average Bonchev–Trinajstić information content (AvgIpc) is 2.87. The number of aromatic nitrogens is 1. The molecule has 1 heterocycles. The van der Waals surface area contributed by atoms with Gasteiger partial charge in [0.2, 0.25) is 0 Å². The van der Waals surface area contributed by atoms with Crippen LogP contribution in [0.5, 0.6) is 0 Å². The van der Waals surface area contributed by atoms with Crippen LogP contribution in [-0.2, 0) is 14.8 Å². The van der Waals surface area contributed by atoms with Crippen LogP contribution in [0.2, 0.25) is 0 Å². The first-order chi connectivity index (χ1) is 16.7. The summed E-state index contributed by atoms with van der Waals surface area (Å²) < 4.78 is 32.7. The van der Waals surface area contributed by atoms with Gasteiger partial charge in [-0.1, -0.05) is 39.7 Å². The van der Waals surface area contributed by atoms with Crippen molar-refractivity contribution in [2.75, 3.05) is 19.7 Å². The van der Waals surface area contributed by atoms with Gasteiger partial charge in [-0.15, -0.1) is 0 Å². The highest BCUT2D eigenvalue weighted by Crippen LogP contribution is 2.15. The number of unbranched alkanes of at least 4 members (excludes halogenated alkanes) is 2. The quantitative estimate of drug-likeness (QED) is 0.412. The van der Waals surface area contributed by atoms with E-state index < -0.39 is 21.9 Å². The van der Waals surface area contributed by atoms with Gasteiger partial charge in [0.1, 0.15) is 5.69 Å². The Bertz CT molecular complexity index is 1110. The summed E-state index contributed by atoms with van der Waals surface area (Å²) in [5.41, 5.74) is 0.210. The molecule has 0 spiro atoms. The van der Waals surface area contributed by atoms with E-state index in [-0.39, 0.29) is 34.2 Å². The number of nitrogens with one attached hydrogen (secondary N) is 1. The Labute approximate surface area is 206 Å². The Balaban J connectivity index is 2.16. The molecule has 1 N–H and O–H groups in total. The van der Waals surface area contributed by atoms with Crippen molar-refractivity contribution in [1.29, 1.82) is 0 Å². The van der Waals surface area contributed by atoms with Crippen LogP contribution in [0.1, 0.15) is 84.1 Å². The molecule has 2 aromatic rings. The standard InChI is InChI=1S/C25H33N3O6S/c1-4-7-14-28(15-8-5-2)24(30)19-10-9-11-21(17-19)35(32,33)27-23(29)20-12-13-22(26-18-20)25(31)34-16-6-3/h9-13,17-18H,4-8,14-16H2,1-3H3,(H,27,29). The maximum atomic E-state index is 13.0. The highest BCUT2D eigenvalue weighted by atomic mass is 32.2. The zero-order valence-corrected chi connectivity index (χ0v) is 21.3. The summed E-state index contributed by atoms with van der Waals surface area (Å²) in [6.45, 7) is 7.38. The zero-order chi connectivity index (χ0) is 25.8. The van der Waals surface area contributed by atoms with Gasteiger partial charge in [-0.3, -0.25) is 9.59 Å². The molecule has 2 amide bonds. The molecule has 10 heteroatoms. The van der Waals surface area contributed by atoms with Crippen molar-refractivity contribution in [2.24, 2.45) is 0 Å². The number of sulfonamides is 1. The molecule has 0 radical (unpaired) electrons. The van der Waals surface area contributed by atoms with Crippen molar-refractivity contribution in [1.82, 2.24) is 14.6 Å². The Morgan fingerprint density at radius 2 is 1.63 bits per heavy atom. The molecular formula is C25H33N3O6S. The third-order valence-electron chi connectivity index (χ3n) is 5.14. The highest BCUT2D eigenvalue weighted by molar-refractivity contribution is 7.90. The van der Waals surface area contributed by atoms with Gasteiger partial charge < -0.3 is 9.64 Å². The molecule has 1 aromatic carbocycles. The molecule has 1 aromatic heterocycles. The minimum absolute atomic E-state index is 0.0137. The summed E-state index contributed by atoms with van der Waals surface area (Å²) in [6.07, 6.45) is 5.34. The Hall–Kier alpha value is -3.27. The molecule has 0 bridgehead atoms. The smallest absolute Gasteiger partial charge is 0.356 e. The van der Waals surface area contributed by atoms with Crippen LogP contribution in [-0.4, -0.2) is 55.8 Å². The van der Waals surface area contributed by atoms with E-state index in [0.717, 1.165) is 31.9 Å². The number of carbonyl (C=O) groups excluding carboxylic acids is 3. The predicted molar refractivity (Wildman–Crippen MR) is 132 cm³/mol. The fourth-order valence-electron chi connectivity index (χ4n) is 3.15. The Morgan fingerprint density at radius 1 is 0.943 bits per heavy atom. The molecule has 0 aliphatic carbocycles. The summed E-state index contributed by atoms with van der Waals surface area (Å²) in [4.78, 5) is 42.8. The predicted octanol–water partition coefficient (Wildman–Crippen LogP) is 3.81. The van der Waals surface area contributed by atoms with Crippen LogP contribution in [0.3, 0.4) is 0 Å². The van der Waals surface area contributed by atoms with Gasteiger partial charge in [-0.25, -0.2) is 22.9 Å². The summed E-state index contributed by atoms with van der Waals surface area (Å²) in [5, 5.41) is 0. The van der Waals surface area contributed by atoms with E-state index in [0.29, 0.717) is 19.5 Å². The minimum atomic E-state index is -4.25.